The van der Waals surface area contributed by atoms with Gasteiger partial charge in [-0.05, 0) is 0 Å². The Morgan fingerprint density at radius 3 is 0.750 bits per heavy atom. The van der Waals surface area contributed by atoms with E-state index in [9.17, 15) is 23.5 Å². The van der Waals surface area contributed by atoms with Gasteiger partial charge in [-0.2, -0.15) is 0 Å². The third-order valence-corrected chi connectivity index (χ3v) is 2.83. The van der Waals surface area contributed by atoms with Crippen LogP contribution in [0.4, 0.5) is 0 Å². The minimum atomic E-state index is -6.07. The molecule has 0 rings (SSSR count). The zero-order chi connectivity index (χ0) is 7.71. The van der Waals surface area contributed by atoms with Gasteiger partial charge in [-0.15, -0.1) is 0 Å². The normalized spacial score (nSPS) is 7.62. The average molecular weight is 348 g/mol. The second-order valence-electron chi connectivity index (χ2n) is 0.885. The summed E-state index contributed by atoms with van der Waals surface area (Å²) in [6, 6.07) is 0. The zero-order valence-electron chi connectivity index (χ0n) is 7.38. The van der Waals surface area contributed by atoms with Crippen molar-refractivity contribution in [3.8, 4) is 0 Å². The molecule has 0 aromatic rings. The molecule has 0 radical (unpaired) electrons. The van der Waals surface area contributed by atoms with Crippen molar-refractivity contribution in [3.63, 3.8) is 0 Å². The van der Waals surface area contributed by atoms with Crippen molar-refractivity contribution in [3.05, 3.63) is 0 Å². The van der Waals surface area contributed by atoms with Crippen LogP contribution in [0, 0.1) is 0 Å². The van der Waals surface area contributed by atoms with Gasteiger partial charge in [-0.1, -0.05) is 0 Å². The zero-order valence-corrected chi connectivity index (χ0v) is 11.3. The summed E-state index contributed by atoms with van der Waals surface area (Å²) < 4.78 is 58.9. The van der Waals surface area contributed by atoms with E-state index >= 15 is 0 Å². The molecular formula is H12Cr2MgO13. The fraction of sp³-hybridized carbons (Fsp3) is 0. The van der Waals surface area contributed by atoms with Gasteiger partial charge in [0.25, 0.3) is 0 Å². The monoisotopic (exact) mass is 348 g/mol. The summed E-state index contributed by atoms with van der Waals surface area (Å²) in [6.07, 6.45) is 0. The summed E-state index contributed by atoms with van der Waals surface area (Å²) in [5.74, 6) is 0. The Labute approximate surface area is 109 Å². The first-order valence-electron chi connectivity index (χ1n) is 1.33. The molecule has 0 aliphatic heterocycles. The van der Waals surface area contributed by atoms with Crippen LogP contribution < -0.4 is 8.32 Å². The number of hydrogen-bond donors (Lipinski definition) is 0. The summed E-state index contributed by atoms with van der Waals surface area (Å²) in [5, 5.41) is 0. The molecule has 0 aliphatic rings. The molecule has 0 fully saturated rings. The maximum atomic E-state index is 9.38. The third kappa shape index (κ3) is 61.6. The van der Waals surface area contributed by atoms with Crippen molar-refractivity contribution in [2.45, 2.75) is 0 Å². The molecule has 16 heavy (non-hydrogen) atoms. The van der Waals surface area contributed by atoms with Crippen molar-refractivity contribution in [1.29, 1.82) is 0 Å². The average Bonchev–Trinajstić information content (AvgIpc) is 1.14. The summed E-state index contributed by atoms with van der Waals surface area (Å²) >= 11 is -12.1. The topological polar surface area (TPSA) is 313 Å². The summed E-state index contributed by atoms with van der Waals surface area (Å²) in [7, 11) is 0. The van der Waals surface area contributed by atoms with Crippen LogP contribution >= 0.6 is 0 Å². The van der Waals surface area contributed by atoms with Crippen LogP contribution in [0.3, 0.4) is 0 Å². The standard InChI is InChI=1S/2Cr.Mg.6H2O.7O/h;;;6*1H2;;;;;;;/q;;+2;;;;;;;;;;;;2*-1. The van der Waals surface area contributed by atoms with E-state index in [2.05, 4.69) is 2.84 Å². The third-order valence-electron chi connectivity index (χ3n) is 0.167. The van der Waals surface area contributed by atoms with Crippen molar-refractivity contribution in [1.82, 2.24) is 0 Å². The van der Waals surface area contributed by atoms with Crippen LogP contribution in [-0.2, 0) is 45.3 Å². The molecular weight excluding hydrogens is 336 g/mol. The second-order valence-corrected chi connectivity index (χ2v) is 4.52. The van der Waals surface area contributed by atoms with Gasteiger partial charge in [0, 0.05) is 0 Å². The Morgan fingerprint density at radius 1 is 0.625 bits per heavy atom. The van der Waals surface area contributed by atoms with E-state index in [1.807, 2.05) is 0 Å². The molecule has 0 aromatic carbocycles. The van der Waals surface area contributed by atoms with Crippen LogP contribution in [0.2, 0.25) is 0 Å². The molecule has 0 atom stereocenters. The fourth-order valence-electron chi connectivity index (χ4n) is 0.102. The predicted molar refractivity (Wildman–Crippen MR) is 31.3 cm³/mol. The Kier molecular flexibility index (Phi) is 61.4. The van der Waals surface area contributed by atoms with Gasteiger partial charge in [-0.25, -0.2) is 0 Å². The number of hydrogen-bond acceptors (Lipinski definition) is 7. The van der Waals surface area contributed by atoms with E-state index in [-0.39, 0.29) is 55.9 Å². The van der Waals surface area contributed by atoms with E-state index in [1.54, 1.807) is 0 Å². The van der Waals surface area contributed by atoms with Crippen LogP contribution in [0.1, 0.15) is 0 Å². The molecule has 12 N–H and O–H groups in total. The first kappa shape index (κ1) is 54.5. The minimum absolute atomic E-state index is 0. The van der Waals surface area contributed by atoms with E-state index in [1.165, 1.54) is 0 Å². The first-order chi connectivity index (χ1) is 3.71. The molecule has 104 valence electrons. The molecule has 0 saturated carbocycles. The van der Waals surface area contributed by atoms with Crippen molar-refractivity contribution >= 4 is 23.1 Å². The van der Waals surface area contributed by atoms with Gasteiger partial charge in [0.2, 0.25) is 0 Å². The summed E-state index contributed by atoms with van der Waals surface area (Å²) in [5.41, 5.74) is 0. The van der Waals surface area contributed by atoms with Crippen LogP contribution in [0.15, 0.2) is 0 Å². The Bertz CT molecular complexity index is 239. The molecule has 16 heteroatoms. The Balaban J connectivity index is -0.0000000152. The first-order valence-corrected chi connectivity index (χ1v) is 5.50. The van der Waals surface area contributed by atoms with Crippen molar-refractivity contribution in [2.75, 3.05) is 0 Å². The second kappa shape index (κ2) is 18.0. The predicted octanol–water partition coefficient (Wildman–Crippen LogP) is -8.26. The molecule has 0 aliphatic carbocycles. The number of rotatable bonds is 2. The van der Waals surface area contributed by atoms with E-state index < -0.39 is 27.2 Å². The van der Waals surface area contributed by atoms with Crippen molar-refractivity contribution < 1.29 is 86.5 Å². The van der Waals surface area contributed by atoms with Crippen LogP contribution in [-0.4, -0.2) is 55.9 Å². The van der Waals surface area contributed by atoms with Crippen LogP contribution in [0.25, 0.3) is 0 Å². The van der Waals surface area contributed by atoms with Crippen molar-refractivity contribution in [2.24, 2.45) is 0 Å². The fourth-order valence-corrected chi connectivity index (χ4v) is 1.74. The molecule has 0 aromatic heterocycles. The van der Waals surface area contributed by atoms with Gasteiger partial charge in [0.15, 0.2) is 0 Å². The molecule has 0 spiro atoms. The van der Waals surface area contributed by atoms with E-state index in [4.69, 9.17) is 0 Å². The van der Waals surface area contributed by atoms with Gasteiger partial charge in [-0.3, -0.25) is 0 Å². The summed E-state index contributed by atoms with van der Waals surface area (Å²) in [4.78, 5) is 0. The summed E-state index contributed by atoms with van der Waals surface area (Å²) in [6.45, 7) is 0. The Morgan fingerprint density at radius 2 is 0.750 bits per heavy atom. The van der Waals surface area contributed by atoms with Gasteiger partial charge < -0.3 is 32.9 Å². The van der Waals surface area contributed by atoms with Crippen LogP contribution in [0.5, 0.6) is 0 Å². The van der Waals surface area contributed by atoms with Gasteiger partial charge in [0.1, 0.15) is 0 Å². The van der Waals surface area contributed by atoms with Gasteiger partial charge in [0.05, 0.1) is 0 Å². The molecule has 0 bridgehead atoms. The van der Waals surface area contributed by atoms with E-state index in [0.29, 0.717) is 0 Å². The molecule has 0 heterocycles. The van der Waals surface area contributed by atoms with Gasteiger partial charge >= 0.3 is 76.7 Å². The quantitative estimate of drug-likeness (QED) is 0.433. The molecule has 0 unspecified atom stereocenters. The van der Waals surface area contributed by atoms with E-state index in [0.717, 1.165) is 0 Å². The molecule has 0 saturated heterocycles. The molecule has 0 amide bonds. The Hall–Kier alpha value is 0.671. The SMILES string of the molecule is O.O.O.O.O.O.[Mg+2].[O]=[Cr](=[O])([O-])[O][Cr](=[O])(=[O])[O-]. The maximum absolute atomic E-state index is 9.38. The molecule has 13 nitrogen and oxygen atoms in total.